The fourth-order valence-corrected chi connectivity index (χ4v) is 1.43. The molecule has 0 aromatic heterocycles. The zero-order valence-electron chi connectivity index (χ0n) is 9.55. The van der Waals surface area contributed by atoms with Gasteiger partial charge in [0, 0.05) is 13.0 Å². The second-order valence-electron chi connectivity index (χ2n) is 4.15. The molecule has 1 aliphatic rings. The van der Waals surface area contributed by atoms with Gasteiger partial charge in [0.15, 0.2) is 0 Å². The van der Waals surface area contributed by atoms with Crippen molar-refractivity contribution < 1.29 is 4.74 Å². The number of rotatable bonds is 5. The van der Waals surface area contributed by atoms with Gasteiger partial charge in [-0.05, 0) is 39.9 Å². The Hall–Kier alpha value is -0.760. The third-order valence-electron chi connectivity index (χ3n) is 2.36. The van der Waals surface area contributed by atoms with E-state index >= 15 is 0 Å². The second kappa shape index (κ2) is 5.86. The van der Waals surface area contributed by atoms with E-state index in [1.165, 1.54) is 5.57 Å². The first-order valence-corrected chi connectivity index (χ1v) is 5.32. The summed E-state index contributed by atoms with van der Waals surface area (Å²) in [6.45, 7) is 4.11. The molecule has 0 unspecified atom stereocenters. The normalized spacial score (nSPS) is 16.6. The number of ether oxygens (including phenoxy) is 1. The Morgan fingerprint density at radius 3 is 2.64 bits per heavy atom. The minimum absolute atomic E-state index is 0.844. The third kappa shape index (κ3) is 4.47. The minimum atomic E-state index is 0.844. The van der Waals surface area contributed by atoms with Crippen molar-refractivity contribution in [3.8, 4) is 0 Å². The van der Waals surface area contributed by atoms with Crippen LogP contribution in [0.3, 0.4) is 0 Å². The molecule has 0 spiro atoms. The molecule has 0 saturated heterocycles. The molecule has 0 heterocycles. The van der Waals surface area contributed by atoms with Gasteiger partial charge in [0.1, 0.15) is 0 Å². The highest BCUT2D eigenvalue weighted by molar-refractivity contribution is 5.19. The maximum absolute atomic E-state index is 5.67. The van der Waals surface area contributed by atoms with Crippen LogP contribution in [0, 0.1) is 0 Å². The number of nitrogens with zero attached hydrogens (tertiary/aromatic N) is 1. The van der Waals surface area contributed by atoms with Gasteiger partial charge in [-0.25, -0.2) is 0 Å². The SMILES string of the molecule is CC1=CC=C(OCCCN(C)C)CC1. The molecule has 0 atom stereocenters. The molecule has 0 saturated carbocycles. The molecule has 1 aliphatic carbocycles. The van der Waals surface area contributed by atoms with E-state index in [9.17, 15) is 0 Å². The molecule has 1 rings (SSSR count). The number of allylic oxidation sites excluding steroid dienone is 4. The molecule has 2 heteroatoms. The van der Waals surface area contributed by atoms with Gasteiger partial charge in [-0.2, -0.15) is 0 Å². The van der Waals surface area contributed by atoms with Gasteiger partial charge < -0.3 is 9.64 Å². The summed E-state index contributed by atoms with van der Waals surface area (Å²) in [5.41, 5.74) is 1.45. The molecular weight excluding hydrogens is 174 g/mol. The van der Waals surface area contributed by atoms with Crippen LogP contribution in [0.4, 0.5) is 0 Å². The van der Waals surface area contributed by atoms with Gasteiger partial charge in [0.25, 0.3) is 0 Å². The van der Waals surface area contributed by atoms with Crippen molar-refractivity contribution in [3.63, 3.8) is 0 Å². The average molecular weight is 195 g/mol. The van der Waals surface area contributed by atoms with E-state index in [1.807, 2.05) is 0 Å². The Morgan fingerprint density at radius 2 is 2.07 bits per heavy atom. The lowest BCUT2D eigenvalue weighted by Gasteiger charge is -2.15. The molecule has 0 aliphatic heterocycles. The van der Waals surface area contributed by atoms with Crippen LogP contribution in [-0.2, 0) is 4.74 Å². The van der Waals surface area contributed by atoms with Crippen molar-refractivity contribution >= 4 is 0 Å². The largest absolute Gasteiger partial charge is 0.498 e. The first kappa shape index (κ1) is 11.3. The summed E-state index contributed by atoms with van der Waals surface area (Å²) in [6, 6.07) is 0. The fourth-order valence-electron chi connectivity index (χ4n) is 1.43. The molecule has 0 aromatic carbocycles. The van der Waals surface area contributed by atoms with E-state index in [1.54, 1.807) is 0 Å². The number of hydrogen-bond donors (Lipinski definition) is 0. The highest BCUT2D eigenvalue weighted by atomic mass is 16.5. The van der Waals surface area contributed by atoms with Crippen LogP contribution in [-0.4, -0.2) is 32.1 Å². The molecular formula is C12H21NO. The zero-order chi connectivity index (χ0) is 10.4. The summed E-state index contributed by atoms with van der Waals surface area (Å²) in [6.07, 6.45) is 7.59. The first-order chi connectivity index (χ1) is 6.68. The molecule has 14 heavy (non-hydrogen) atoms. The summed E-state index contributed by atoms with van der Waals surface area (Å²) in [5.74, 6) is 1.15. The highest BCUT2D eigenvalue weighted by Crippen LogP contribution is 2.18. The van der Waals surface area contributed by atoms with Crippen LogP contribution in [0.25, 0.3) is 0 Å². The van der Waals surface area contributed by atoms with Crippen LogP contribution >= 0.6 is 0 Å². The first-order valence-electron chi connectivity index (χ1n) is 5.32. The Kier molecular flexibility index (Phi) is 4.74. The second-order valence-corrected chi connectivity index (χ2v) is 4.15. The van der Waals surface area contributed by atoms with Crippen LogP contribution in [0.15, 0.2) is 23.5 Å². The lowest BCUT2D eigenvalue weighted by Crippen LogP contribution is -2.14. The molecule has 0 bridgehead atoms. The predicted octanol–water partition coefficient (Wildman–Crippen LogP) is 2.58. The van der Waals surface area contributed by atoms with Crippen molar-refractivity contribution in [2.45, 2.75) is 26.2 Å². The van der Waals surface area contributed by atoms with E-state index in [0.29, 0.717) is 0 Å². The maximum atomic E-state index is 5.67. The lowest BCUT2D eigenvalue weighted by atomic mass is 10.1. The summed E-state index contributed by atoms with van der Waals surface area (Å²) < 4.78 is 5.67. The fraction of sp³-hybridized carbons (Fsp3) is 0.667. The summed E-state index contributed by atoms with van der Waals surface area (Å²) in [4.78, 5) is 2.18. The molecule has 0 aromatic rings. The van der Waals surface area contributed by atoms with Gasteiger partial charge in [0.05, 0.1) is 12.4 Å². The van der Waals surface area contributed by atoms with Gasteiger partial charge in [-0.3, -0.25) is 0 Å². The van der Waals surface area contributed by atoms with Crippen LogP contribution in [0.1, 0.15) is 26.2 Å². The Morgan fingerprint density at radius 1 is 1.29 bits per heavy atom. The van der Waals surface area contributed by atoms with E-state index in [-0.39, 0.29) is 0 Å². The quantitative estimate of drug-likeness (QED) is 0.625. The Bertz CT molecular complexity index is 228. The van der Waals surface area contributed by atoms with Crippen molar-refractivity contribution in [3.05, 3.63) is 23.5 Å². The maximum Gasteiger partial charge on any atom is 0.0962 e. The zero-order valence-corrected chi connectivity index (χ0v) is 9.55. The van der Waals surface area contributed by atoms with Crippen LogP contribution in [0.2, 0.25) is 0 Å². The predicted molar refractivity (Wildman–Crippen MR) is 60.2 cm³/mol. The van der Waals surface area contributed by atoms with E-state index in [4.69, 9.17) is 4.74 Å². The lowest BCUT2D eigenvalue weighted by molar-refractivity contribution is 0.187. The van der Waals surface area contributed by atoms with Crippen LogP contribution < -0.4 is 0 Å². The standard InChI is InChI=1S/C12H21NO/c1-11-5-7-12(8-6-11)14-10-4-9-13(2)3/h5,7H,4,6,8-10H2,1-3H3. The molecule has 0 amide bonds. The van der Waals surface area contributed by atoms with Gasteiger partial charge >= 0.3 is 0 Å². The van der Waals surface area contributed by atoms with Crippen molar-refractivity contribution in [1.29, 1.82) is 0 Å². The Balaban J connectivity index is 2.13. The van der Waals surface area contributed by atoms with Crippen molar-refractivity contribution in [1.82, 2.24) is 4.90 Å². The molecule has 2 nitrogen and oxygen atoms in total. The van der Waals surface area contributed by atoms with E-state index < -0.39 is 0 Å². The van der Waals surface area contributed by atoms with Gasteiger partial charge in [-0.15, -0.1) is 0 Å². The molecule has 0 fully saturated rings. The summed E-state index contributed by atoms with van der Waals surface area (Å²) in [7, 11) is 4.18. The smallest absolute Gasteiger partial charge is 0.0962 e. The van der Waals surface area contributed by atoms with Gasteiger partial charge in [-0.1, -0.05) is 11.6 Å². The summed E-state index contributed by atoms with van der Waals surface area (Å²) in [5, 5.41) is 0. The van der Waals surface area contributed by atoms with Crippen molar-refractivity contribution in [2.24, 2.45) is 0 Å². The highest BCUT2D eigenvalue weighted by Gasteiger charge is 2.03. The third-order valence-corrected chi connectivity index (χ3v) is 2.36. The monoisotopic (exact) mass is 195 g/mol. The Labute approximate surface area is 87.2 Å². The van der Waals surface area contributed by atoms with E-state index in [0.717, 1.165) is 38.2 Å². The van der Waals surface area contributed by atoms with Gasteiger partial charge in [0.2, 0.25) is 0 Å². The average Bonchev–Trinajstić information content (AvgIpc) is 2.15. The molecule has 80 valence electrons. The molecule has 0 N–H and O–H groups in total. The molecule has 0 radical (unpaired) electrons. The summed E-state index contributed by atoms with van der Waals surface area (Å²) >= 11 is 0. The number of hydrogen-bond acceptors (Lipinski definition) is 2. The minimum Gasteiger partial charge on any atom is -0.498 e. The van der Waals surface area contributed by atoms with Crippen molar-refractivity contribution in [2.75, 3.05) is 27.2 Å². The topological polar surface area (TPSA) is 12.5 Å². The van der Waals surface area contributed by atoms with E-state index in [2.05, 4.69) is 38.1 Å². The van der Waals surface area contributed by atoms with Crippen LogP contribution in [0.5, 0.6) is 0 Å².